The zero-order valence-corrected chi connectivity index (χ0v) is 12.7. The first-order valence-corrected chi connectivity index (χ1v) is 7.63. The topological polar surface area (TPSA) is 29.5 Å². The molecule has 1 atom stereocenters. The van der Waals surface area contributed by atoms with Crippen LogP contribution in [0.3, 0.4) is 0 Å². The molecule has 1 aliphatic rings. The Balaban J connectivity index is 1.67. The summed E-state index contributed by atoms with van der Waals surface area (Å²) in [6.07, 6.45) is 2.25. The first kappa shape index (κ1) is 14.2. The van der Waals surface area contributed by atoms with Crippen LogP contribution < -0.4 is 4.74 Å². The molecular formula is C19H22O2. The fraction of sp³-hybridized carbons (Fsp3) is 0.368. The van der Waals surface area contributed by atoms with Gasteiger partial charge in [0.25, 0.3) is 0 Å². The largest absolute Gasteiger partial charge is 0.493 e. The van der Waals surface area contributed by atoms with Crippen LogP contribution in [-0.4, -0.2) is 11.7 Å². The lowest BCUT2D eigenvalue weighted by molar-refractivity contribution is 0.167. The van der Waals surface area contributed by atoms with Gasteiger partial charge in [-0.05, 0) is 55.0 Å². The lowest BCUT2D eigenvalue weighted by atomic mass is 9.96. The molecule has 2 aromatic rings. The van der Waals surface area contributed by atoms with Crippen molar-refractivity contribution in [1.82, 2.24) is 0 Å². The van der Waals surface area contributed by atoms with E-state index in [0.717, 1.165) is 37.2 Å². The second kappa shape index (κ2) is 5.90. The van der Waals surface area contributed by atoms with Crippen LogP contribution >= 0.6 is 0 Å². The number of benzene rings is 2. The molecule has 0 radical (unpaired) electrons. The van der Waals surface area contributed by atoms with Crippen LogP contribution in [0.1, 0.15) is 40.3 Å². The monoisotopic (exact) mass is 282 g/mol. The summed E-state index contributed by atoms with van der Waals surface area (Å²) in [4.78, 5) is 0. The van der Waals surface area contributed by atoms with Gasteiger partial charge in [-0.2, -0.15) is 0 Å². The van der Waals surface area contributed by atoms with Gasteiger partial charge < -0.3 is 9.84 Å². The summed E-state index contributed by atoms with van der Waals surface area (Å²) in [5.74, 6) is 1.02. The second-order valence-electron chi connectivity index (χ2n) is 5.96. The summed E-state index contributed by atoms with van der Waals surface area (Å²) in [6, 6.07) is 12.6. The Hall–Kier alpha value is -1.80. The summed E-state index contributed by atoms with van der Waals surface area (Å²) in [6.45, 7) is 4.94. The molecule has 0 aliphatic carbocycles. The molecule has 2 nitrogen and oxygen atoms in total. The molecule has 0 aromatic heterocycles. The molecule has 0 saturated heterocycles. The number of hydrogen-bond acceptors (Lipinski definition) is 2. The maximum atomic E-state index is 10.4. The zero-order valence-electron chi connectivity index (χ0n) is 12.7. The number of ether oxygens (including phenoxy) is 1. The molecule has 0 saturated carbocycles. The van der Waals surface area contributed by atoms with Gasteiger partial charge in [0, 0.05) is 6.42 Å². The van der Waals surface area contributed by atoms with Crippen molar-refractivity contribution in [2.75, 3.05) is 6.61 Å². The number of fused-ring (bicyclic) bond motifs is 1. The summed E-state index contributed by atoms with van der Waals surface area (Å²) >= 11 is 0. The summed E-state index contributed by atoms with van der Waals surface area (Å²) in [7, 11) is 0. The molecule has 110 valence electrons. The van der Waals surface area contributed by atoms with E-state index >= 15 is 0 Å². The number of aliphatic hydroxyl groups excluding tert-OH is 1. The van der Waals surface area contributed by atoms with Gasteiger partial charge in [0.2, 0.25) is 0 Å². The molecule has 0 amide bonds. The van der Waals surface area contributed by atoms with Gasteiger partial charge in [-0.25, -0.2) is 0 Å². The lowest BCUT2D eigenvalue weighted by Gasteiger charge is -2.14. The maximum Gasteiger partial charge on any atom is 0.122 e. The summed E-state index contributed by atoms with van der Waals surface area (Å²) in [5, 5.41) is 10.4. The minimum absolute atomic E-state index is 0.393. The van der Waals surface area contributed by atoms with Crippen molar-refractivity contribution in [2.24, 2.45) is 0 Å². The molecule has 21 heavy (non-hydrogen) atoms. The van der Waals surface area contributed by atoms with Crippen molar-refractivity contribution in [3.8, 4) is 5.75 Å². The van der Waals surface area contributed by atoms with Crippen molar-refractivity contribution in [2.45, 2.75) is 39.2 Å². The van der Waals surface area contributed by atoms with Crippen molar-refractivity contribution in [3.05, 3.63) is 64.2 Å². The molecule has 0 spiro atoms. The third-order valence-corrected chi connectivity index (χ3v) is 4.24. The van der Waals surface area contributed by atoms with Crippen molar-refractivity contribution in [3.63, 3.8) is 0 Å². The number of aryl methyl sites for hydroxylation is 3. The van der Waals surface area contributed by atoms with Crippen LogP contribution in [-0.2, 0) is 12.8 Å². The molecule has 2 aromatic carbocycles. The highest BCUT2D eigenvalue weighted by Gasteiger charge is 2.14. The Morgan fingerprint density at radius 2 is 2.00 bits per heavy atom. The first-order chi connectivity index (χ1) is 10.1. The predicted molar refractivity (Wildman–Crippen MR) is 84.8 cm³/mol. The average Bonchev–Trinajstić information content (AvgIpc) is 2.92. The van der Waals surface area contributed by atoms with E-state index < -0.39 is 6.10 Å². The van der Waals surface area contributed by atoms with Crippen LogP contribution in [0.2, 0.25) is 0 Å². The molecule has 0 fully saturated rings. The van der Waals surface area contributed by atoms with Crippen molar-refractivity contribution >= 4 is 0 Å². The molecule has 1 N–H and O–H groups in total. The highest BCUT2D eigenvalue weighted by molar-refractivity contribution is 5.40. The average molecular weight is 282 g/mol. The van der Waals surface area contributed by atoms with Gasteiger partial charge in [-0.3, -0.25) is 0 Å². The zero-order chi connectivity index (χ0) is 14.8. The predicted octanol–water partition coefficient (Wildman–Crippen LogP) is 3.90. The van der Waals surface area contributed by atoms with Gasteiger partial charge in [0.1, 0.15) is 5.75 Å². The van der Waals surface area contributed by atoms with E-state index in [0.29, 0.717) is 0 Å². The van der Waals surface area contributed by atoms with Gasteiger partial charge in [-0.15, -0.1) is 0 Å². The van der Waals surface area contributed by atoms with Crippen LogP contribution in [0.4, 0.5) is 0 Å². The number of aliphatic hydroxyl groups is 1. The summed E-state index contributed by atoms with van der Waals surface area (Å²) in [5.41, 5.74) is 6.04. The third-order valence-electron chi connectivity index (χ3n) is 4.24. The fourth-order valence-electron chi connectivity index (χ4n) is 3.05. The van der Waals surface area contributed by atoms with E-state index in [-0.39, 0.29) is 0 Å². The Morgan fingerprint density at radius 3 is 2.81 bits per heavy atom. The van der Waals surface area contributed by atoms with E-state index in [2.05, 4.69) is 44.2 Å². The minimum atomic E-state index is -0.393. The maximum absolute atomic E-state index is 10.4. The van der Waals surface area contributed by atoms with Crippen LogP contribution in [0.25, 0.3) is 0 Å². The Morgan fingerprint density at radius 1 is 1.14 bits per heavy atom. The minimum Gasteiger partial charge on any atom is -0.493 e. The second-order valence-corrected chi connectivity index (χ2v) is 5.96. The molecule has 2 heteroatoms. The summed E-state index contributed by atoms with van der Waals surface area (Å²) < 4.78 is 5.53. The van der Waals surface area contributed by atoms with Crippen LogP contribution in [0, 0.1) is 13.8 Å². The van der Waals surface area contributed by atoms with Gasteiger partial charge in [0.15, 0.2) is 0 Å². The SMILES string of the molecule is Cc1ccc(C(O)CCc2ccc3c(c2)CCO3)c(C)c1. The highest BCUT2D eigenvalue weighted by Crippen LogP contribution is 2.28. The van der Waals surface area contributed by atoms with Crippen molar-refractivity contribution in [1.29, 1.82) is 0 Å². The molecule has 3 rings (SSSR count). The fourth-order valence-corrected chi connectivity index (χ4v) is 3.05. The smallest absolute Gasteiger partial charge is 0.122 e. The van der Waals surface area contributed by atoms with Gasteiger partial charge in [-0.1, -0.05) is 35.9 Å². The number of hydrogen-bond donors (Lipinski definition) is 1. The van der Waals surface area contributed by atoms with Gasteiger partial charge in [0.05, 0.1) is 12.7 Å². The van der Waals surface area contributed by atoms with Gasteiger partial charge >= 0.3 is 0 Å². The Labute approximate surface area is 126 Å². The normalized spacial score (nSPS) is 14.6. The Bertz CT molecular complexity index is 646. The van der Waals surface area contributed by atoms with E-state index in [4.69, 9.17) is 4.74 Å². The molecule has 1 aliphatic heterocycles. The van der Waals surface area contributed by atoms with Crippen LogP contribution in [0.5, 0.6) is 5.75 Å². The molecular weight excluding hydrogens is 260 g/mol. The number of rotatable bonds is 4. The first-order valence-electron chi connectivity index (χ1n) is 7.63. The lowest BCUT2D eigenvalue weighted by Crippen LogP contribution is -2.02. The molecule has 1 heterocycles. The quantitative estimate of drug-likeness (QED) is 0.921. The van der Waals surface area contributed by atoms with Crippen LogP contribution in [0.15, 0.2) is 36.4 Å². The third kappa shape index (κ3) is 3.11. The standard InChI is InChI=1S/C19H22O2/c1-13-3-6-17(14(2)11-13)18(20)7-4-15-5-8-19-16(12-15)9-10-21-19/h3,5-6,8,11-12,18,20H,4,7,9-10H2,1-2H3. The highest BCUT2D eigenvalue weighted by atomic mass is 16.5. The van der Waals surface area contributed by atoms with E-state index in [1.165, 1.54) is 22.3 Å². The van der Waals surface area contributed by atoms with E-state index in [1.54, 1.807) is 0 Å². The van der Waals surface area contributed by atoms with E-state index in [1.807, 2.05) is 6.07 Å². The Kier molecular flexibility index (Phi) is 3.98. The van der Waals surface area contributed by atoms with Crippen molar-refractivity contribution < 1.29 is 9.84 Å². The van der Waals surface area contributed by atoms with E-state index in [9.17, 15) is 5.11 Å². The molecule has 0 bridgehead atoms. The molecule has 1 unspecified atom stereocenters.